The van der Waals surface area contributed by atoms with Gasteiger partial charge >= 0.3 is 0 Å². The lowest BCUT2D eigenvalue weighted by molar-refractivity contribution is 0.0461. The average Bonchev–Trinajstić information content (AvgIpc) is 3.26. The molecule has 9 heteroatoms. The molecule has 2 aliphatic rings. The molecule has 4 heterocycles. The Labute approximate surface area is 165 Å². The third kappa shape index (κ3) is 2.49. The quantitative estimate of drug-likeness (QED) is 0.527. The summed E-state index contributed by atoms with van der Waals surface area (Å²) in [6, 6.07) is 5.35. The van der Waals surface area contributed by atoms with Crippen LogP contribution in [0.5, 0.6) is 0 Å². The van der Waals surface area contributed by atoms with Crippen LogP contribution in [0.3, 0.4) is 0 Å². The molecule has 1 atom stereocenters. The Morgan fingerprint density at radius 3 is 3.11 bits per heavy atom. The van der Waals surface area contributed by atoms with Gasteiger partial charge in [0.05, 0.1) is 34.6 Å². The highest BCUT2D eigenvalue weighted by molar-refractivity contribution is 6.34. The third-order valence-corrected chi connectivity index (χ3v) is 5.43. The van der Waals surface area contributed by atoms with Crippen LogP contribution in [-0.4, -0.2) is 43.6 Å². The lowest BCUT2D eigenvalue weighted by Gasteiger charge is -2.39. The van der Waals surface area contributed by atoms with Crippen LogP contribution in [0.1, 0.15) is 34.4 Å². The molecule has 28 heavy (non-hydrogen) atoms. The average molecular weight is 397 g/mol. The maximum atomic E-state index is 13.0. The summed E-state index contributed by atoms with van der Waals surface area (Å²) in [4.78, 5) is 23.9. The van der Waals surface area contributed by atoms with Crippen LogP contribution in [0, 0.1) is 0 Å². The van der Waals surface area contributed by atoms with Gasteiger partial charge in [-0.3, -0.25) is 9.36 Å². The standard InChI is InChI=1S/C19H17ClN6O2/c1-2-7-21-9-14-23-18(24-28-14)16-17-13-6-8-25(13)19(27)15-11(20)4-3-5-12(15)26(17)10-22-16/h2-5,10,13,21H,1,6-9H2/t13-/m0/s1. The smallest absolute Gasteiger partial charge is 0.258 e. The maximum absolute atomic E-state index is 13.0. The molecule has 0 bridgehead atoms. The topological polar surface area (TPSA) is 89.1 Å². The molecular formula is C19H17ClN6O2. The molecule has 1 amide bonds. The SMILES string of the molecule is C=CCNCc1nc(-c2ncn3c2[C@@H]2CCN2C(=O)c2c(Cl)cccc2-3)no1. The van der Waals surface area contributed by atoms with Gasteiger partial charge in [0.1, 0.15) is 12.0 Å². The Hall–Kier alpha value is -2.97. The van der Waals surface area contributed by atoms with Crippen molar-refractivity contribution in [2.75, 3.05) is 13.1 Å². The minimum atomic E-state index is -0.0886. The van der Waals surface area contributed by atoms with Crippen molar-refractivity contribution in [3.05, 3.63) is 59.4 Å². The van der Waals surface area contributed by atoms with Gasteiger partial charge in [-0.15, -0.1) is 6.58 Å². The van der Waals surface area contributed by atoms with E-state index in [0.29, 0.717) is 47.6 Å². The van der Waals surface area contributed by atoms with Crippen molar-refractivity contribution in [2.24, 2.45) is 0 Å². The summed E-state index contributed by atoms with van der Waals surface area (Å²) >= 11 is 6.37. The number of nitrogens with zero attached hydrogens (tertiary/aromatic N) is 5. The van der Waals surface area contributed by atoms with Gasteiger partial charge in [-0.25, -0.2) is 4.98 Å². The normalized spacial score (nSPS) is 17.4. The molecule has 0 saturated carbocycles. The first kappa shape index (κ1) is 17.2. The second-order valence-corrected chi connectivity index (χ2v) is 7.12. The molecule has 0 aliphatic carbocycles. The van der Waals surface area contributed by atoms with E-state index in [-0.39, 0.29) is 11.9 Å². The second-order valence-electron chi connectivity index (χ2n) is 6.72. The zero-order valence-electron chi connectivity index (χ0n) is 14.9. The lowest BCUT2D eigenvalue weighted by Crippen LogP contribution is -2.44. The number of hydrogen-bond donors (Lipinski definition) is 1. The summed E-state index contributed by atoms with van der Waals surface area (Å²) in [5.74, 6) is 0.820. The number of benzene rings is 1. The molecule has 5 rings (SSSR count). The number of fused-ring (bicyclic) bond motifs is 5. The molecule has 1 fully saturated rings. The van der Waals surface area contributed by atoms with Gasteiger partial charge in [0.2, 0.25) is 11.7 Å². The van der Waals surface area contributed by atoms with Gasteiger partial charge in [-0.05, 0) is 18.6 Å². The fraction of sp³-hybridized carbons (Fsp3) is 0.263. The fourth-order valence-corrected chi connectivity index (χ4v) is 3.98. The van der Waals surface area contributed by atoms with Gasteiger partial charge in [0, 0.05) is 13.1 Å². The van der Waals surface area contributed by atoms with E-state index >= 15 is 0 Å². The van der Waals surface area contributed by atoms with Crippen LogP contribution >= 0.6 is 11.6 Å². The van der Waals surface area contributed by atoms with Crippen LogP contribution in [0.25, 0.3) is 17.2 Å². The highest BCUT2D eigenvalue weighted by Gasteiger charge is 2.43. The number of nitrogens with one attached hydrogen (secondary N) is 1. The van der Waals surface area contributed by atoms with Gasteiger partial charge < -0.3 is 14.7 Å². The Balaban J connectivity index is 1.61. The first-order valence-electron chi connectivity index (χ1n) is 9.00. The molecule has 8 nitrogen and oxygen atoms in total. The van der Waals surface area contributed by atoms with E-state index in [4.69, 9.17) is 16.1 Å². The van der Waals surface area contributed by atoms with E-state index in [1.165, 1.54) is 0 Å². The number of imidazole rings is 1. The summed E-state index contributed by atoms with van der Waals surface area (Å²) in [7, 11) is 0. The Kier molecular flexibility index (Phi) is 4.03. The lowest BCUT2D eigenvalue weighted by atomic mass is 9.97. The van der Waals surface area contributed by atoms with Crippen LogP contribution in [-0.2, 0) is 6.54 Å². The van der Waals surface area contributed by atoms with Gasteiger partial charge in [0.15, 0.2) is 0 Å². The van der Waals surface area contributed by atoms with Crippen molar-refractivity contribution >= 4 is 17.5 Å². The number of rotatable bonds is 5. The van der Waals surface area contributed by atoms with Crippen LogP contribution in [0.4, 0.5) is 0 Å². The highest BCUT2D eigenvalue weighted by atomic mass is 35.5. The molecule has 2 aliphatic heterocycles. The number of hydrogen-bond acceptors (Lipinski definition) is 6. The molecule has 0 radical (unpaired) electrons. The number of amides is 1. The molecule has 1 N–H and O–H groups in total. The van der Waals surface area contributed by atoms with E-state index in [9.17, 15) is 4.79 Å². The van der Waals surface area contributed by atoms with E-state index < -0.39 is 0 Å². The summed E-state index contributed by atoms with van der Waals surface area (Å²) in [5.41, 5.74) is 2.72. The highest BCUT2D eigenvalue weighted by Crippen LogP contribution is 2.44. The van der Waals surface area contributed by atoms with Crippen molar-refractivity contribution in [2.45, 2.75) is 19.0 Å². The summed E-state index contributed by atoms with van der Waals surface area (Å²) < 4.78 is 7.26. The van der Waals surface area contributed by atoms with Crippen molar-refractivity contribution < 1.29 is 9.32 Å². The molecule has 3 aromatic rings. The summed E-state index contributed by atoms with van der Waals surface area (Å²) in [6.45, 7) is 5.44. The van der Waals surface area contributed by atoms with Crippen LogP contribution in [0.15, 0.2) is 41.7 Å². The van der Waals surface area contributed by atoms with Gasteiger partial charge in [0.25, 0.3) is 5.91 Å². The van der Waals surface area contributed by atoms with Crippen molar-refractivity contribution in [3.63, 3.8) is 0 Å². The minimum absolute atomic E-state index is 0.0612. The van der Waals surface area contributed by atoms with E-state index in [2.05, 4.69) is 27.0 Å². The second kappa shape index (κ2) is 6.57. The van der Waals surface area contributed by atoms with E-state index in [1.807, 2.05) is 21.6 Å². The first-order chi connectivity index (χ1) is 13.7. The fourth-order valence-electron chi connectivity index (χ4n) is 3.73. The monoisotopic (exact) mass is 396 g/mol. The summed E-state index contributed by atoms with van der Waals surface area (Å²) in [6.07, 6.45) is 4.31. The molecular weight excluding hydrogens is 380 g/mol. The van der Waals surface area contributed by atoms with Crippen molar-refractivity contribution in [1.29, 1.82) is 0 Å². The molecule has 0 spiro atoms. The molecule has 0 unspecified atom stereocenters. The van der Waals surface area contributed by atoms with E-state index in [1.54, 1.807) is 18.5 Å². The molecule has 142 valence electrons. The molecule has 1 aromatic carbocycles. The Bertz CT molecular complexity index is 1090. The minimum Gasteiger partial charge on any atom is -0.337 e. The number of carbonyl (C=O) groups excluding carboxylic acids is 1. The van der Waals surface area contributed by atoms with Gasteiger partial charge in [-0.1, -0.05) is 28.9 Å². The predicted octanol–water partition coefficient (Wildman–Crippen LogP) is 2.75. The van der Waals surface area contributed by atoms with Crippen LogP contribution < -0.4 is 5.32 Å². The zero-order chi connectivity index (χ0) is 19.3. The number of aromatic nitrogens is 4. The van der Waals surface area contributed by atoms with E-state index in [0.717, 1.165) is 17.8 Å². The van der Waals surface area contributed by atoms with Crippen molar-refractivity contribution in [3.8, 4) is 17.2 Å². The van der Waals surface area contributed by atoms with Crippen LogP contribution in [0.2, 0.25) is 5.02 Å². The Morgan fingerprint density at radius 2 is 2.32 bits per heavy atom. The number of carbonyl (C=O) groups is 1. The predicted molar refractivity (Wildman–Crippen MR) is 102 cm³/mol. The van der Waals surface area contributed by atoms with Gasteiger partial charge in [-0.2, -0.15) is 4.98 Å². The molecule has 1 saturated heterocycles. The third-order valence-electron chi connectivity index (χ3n) is 5.11. The number of halogens is 1. The van der Waals surface area contributed by atoms with Crippen molar-refractivity contribution in [1.82, 2.24) is 29.9 Å². The first-order valence-corrected chi connectivity index (χ1v) is 9.38. The largest absolute Gasteiger partial charge is 0.337 e. The Morgan fingerprint density at radius 1 is 1.43 bits per heavy atom. The molecule has 2 aromatic heterocycles. The maximum Gasteiger partial charge on any atom is 0.258 e. The zero-order valence-corrected chi connectivity index (χ0v) is 15.7. The summed E-state index contributed by atoms with van der Waals surface area (Å²) in [5, 5.41) is 7.66.